The van der Waals surface area contributed by atoms with Gasteiger partial charge in [0.15, 0.2) is 0 Å². The summed E-state index contributed by atoms with van der Waals surface area (Å²) in [4.78, 5) is 0. The third-order valence-corrected chi connectivity index (χ3v) is 4.12. The van der Waals surface area contributed by atoms with Gasteiger partial charge in [0.2, 0.25) is 0 Å². The van der Waals surface area contributed by atoms with Gasteiger partial charge in [-0.2, -0.15) is 0 Å². The van der Waals surface area contributed by atoms with Crippen LogP contribution in [0.2, 0.25) is 0 Å². The predicted molar refractivity (Wildman–Crippen MR) is 71.4 cm³/mol. The van der Waals surface area contributed by atoms with Crippen molar-refractivity contribution in [3.05, 3.63) is 29.3 Å². The van der Waals surface area contributed by atoms with Gasteiger partial charge >= 0.3 is 0 Å². The molecule has 0 spiro atoms. The van der Waals surface area contributed by atoms with Gasteiger partial charge in [-0.15, -0.1) is 0 Å². The van der Waals surface area contributed by atoms with E-state index in [4.69, 9.17) is 10.5 Å². The van der Waals surface area contributed by atoms with E-state index in [1.807, 2.05) is 0 Å². The lowest BCUT2D eigenvalue weighted by molar-refractivity contribution is 0.157. The Labute approximate surface area is 104 Å². The average molecular weight is 233 g/mol. The Balaban J connectivity index is 1.99. The lowest BCUT2D eigenvalue weighted by atomic mass is 9.87. The molecule has 17 heavy (non-hydrogen) atoms. The summed E-state index contributed by atoms with van der Waals surface area (Å²) in [5.41, 5.74) is 8.74. The number of benzene rings is 1. The van der Waals surface area contributed by atoms with Crippen molar-refractivity contribution in [3.63, 3.8) is 0 Å². The molecule has 0 unspecified atom stereocenters. The largest absolute Gasteiger partial charge is 0.493 e. The van der Waals surface area contributed by atoms with Gasteiger partial charge in [-0.25, -0.2) is 0 Å². The summed E-state index contributed by atoms with van der Waals surface area (Å²) in [5.74, 6) is 0.979. The molecule has 0 aliphatic heterocycles. The number of nitrogens with two attached hydrogens (primary N) is 1. The van der Waals surface area contributed by atoms with E-state index in [1.165, 1.54) is 36.8 Å². The standard InChI is InChI=1S/C15H23NO/c1-12-5-6-14(9-13(12)2)17-11-15(10-16)7-3-4-8-15/h5-6,9H,3-4,7-8,10-11,16H2,1-2H3. The Morgan fingerprint density at radius 2 is 1.88 bits per heavy atom. The first-order valence-corrected chi connectivity index (χ1v) is 6.55. The fourth-order valence-electron chi connectivity index (χ4n) is 2.57. The van der Waals surface area contributed by atoms with Crippen LogP contribution in [0.5, 0.6) is 5.75 Å². The number of hydrogen-bond acceptors (Lipinski definition) is 2. The zero-order valence-corrected chi connectivity index (χ0v) is 11.0. The van der Waals surface area contributed by atoms with Gasteiger partial charge in [0.05, 0.1) is 6.61 Å². The van der Waals surface area contributed by atoms with Crippen LogP contribution in [0.4, 0.5) is 0 Å². The Bertz CT molecular complexity index is 381. The first kappa shape index (κ1) is 12.4. The molecule has 0 bridgehead atoms. The van der Waals surface area contributed by atoms with Gasteiger partial charge in [0.25, 0.3) is 0 Å². The molecule has 2 nitrogen and oxygen atoms in total. The van der Waals surface area contributed by atoms with Crippen molar-refractivity contribution >= 4 is 0 Å². The van der Waals surface area contributed by atoms with Crippen molar-refractivity contribution < 1.29 is 4.74 Å². The molecule has 0 atom stereocenters. The van der Waals surface area contributed by atoms with E-state index in [9.17, 15) is 0 Å². The molecular formula is C15H23NO. The van der Waals surface area contributed by atoms with Crippen molar-refractivity contribution in [1.82, 2.24) is 0 Å². The first-order valence-electron chi connectivity index (χ1n) is 6.55. The second-order valence-electron chi connectivity index (χ2n) is 5.45. The molecule has 0 radical (unpaired) electrons. The highest BCUT2D eigenvalue weighted by Crippen LogP contribution is 2.37. The molecule has 1 aromatic rings. The van der Waals surface area contributed by atoms with Crippen LogP contribution in [-0.4, -0.2) is 13.2 Å². The summed E-state index contributed by atoms with van der Waals surface area (Å²) in [6.45, 7) is 5.76. The molecule has 0 heterocycles. The molecule has 1 aromatic carbocycles. The molecule has 0 amide bonds. The molecule has 1 aliphatic rings. The van der Waals surface area contributed by atoms with Gasteiger partial charge in [0.1, 0.15) is 5.75 Å². The van der Waals surface area contributed by atoms with Crippen LogP contribution in [0, 0.1) is 19.3 Å². The van der Waals surface area contributed by atoms with Crippen molar-refractivity contribution in [1.29, 1.82) is 0 Å². The van der Waals surface area contributed by atoms with Crippen LogP contribution in [-0.2, 0) is 0 Å². The van der Waals surface area contributed by atoms with Crippen LogP contribution in [0.15, 0.2) is 18.2 Å². The quantitative estimate of drug-likeness (QED) is 0.866. The minimum atomic E-state index is 0.235. The van der Waals surface area contributed by atoms with Gasteiger partial charge in [-0.05, 0) is 49.9 Å². The van der Waals surface area contributed by atoms with Crippen LogP contribution in [0.1, 0.15) is 36.8 Å². The van der Waals surface area contributed by atoms with E-state index in [2.05, 4.69) is 32.0 Å². The highest BCUT2D eigenvalue weighted by Gasteiger charge is 2.33. The van der Waals surface area contributed by atoms with Gasteiger partial charge in [-0.1, -0.05) is 18.9 Å². The predicted octanol–water partition coefficient (Wildman–Crippen LogP) is 3.20. The second kappa shape index (κ2) is 5.09. The Hall–Kier alpha value is -1.02. The van der Waals surface area contributed by atoms with Crippen LogP contribution >= 0.6 is 0 Å². The molecule has 2 heteroatoms. The highest BCUT2D eigenvalue weighted by molar-refractivity contribution is 5.33. The normalized spacial score (nSPS) is 18.3. The van der Waals surface area contributed by atoms with Crippen LogP contribution in [0.25, 0.3) is 0 Å². The zero-order valence-electron chi connectivity index (χ0n) is 11.0. The number of hydrogen-bond donors (Lipinski definition) is 1. The smallest absolute Gasteiger partial charge is 0.119 e. The van der Waals surface area contributed by atoms with E-state index < -0.39 is 0 Å². The van der Waals surface area contributed by atoms with Crippen molar-refractivity contribution in [2.24, 2.45) is 11.1 Å². The third kappa shape index (κ3) is 2.81. The lowest BCUT2D eigenvalue weighted by Gasteiger charge is -2.27. The fourth-order valence-corrected chi connectivity index (χ4v) is 2.57. The number of rotatable bonds is 4. The molecule has 94 valence electrons. The Morgan fingerprint density at radius 1 is 1.18 bits per heavy atom. The molecule has 2 rings (SSSR count). The second-order valence-corrected chi connectivity index (χ2v) is 5.45. The average Bonchev–Trinajstić information content (AvgIpc) is 2.80. The summed E-state index contributed by atoms with van der Waals surface area (Å²) in [6, 6.07) is 6.30. The van der Waals surface area contributed by atoms with Crippen LogP contribution in [0.3, 0.4) is 0 Å². The summed E-state index contributed by atoms with van der Waals surface area (Å²) < 4.78 is 5.94. The topological polar surface area (TPSA) is 35.2 Å². The van der Waals surface area contributed by atoms with E-state index in [1.54, 1.807) is 0 Å². The monoisotopic (exact) mass is 233 g/mol. The van der Waals surface area contributed by atoms with Gasteiger partial charge in [0, 0.05) is 12.0 Å². The lowest BCUT2D eigenvalue weighted by Crippen LogP contribution is -2.33. The SMILES string of the molecule is Cc1ccc(OCC2(CN)CCCC2)cc1C. The molecule has 0 aromatic heterocycles. The first-order chi connectivity index (χ1) is 8.15. The Kier molecular flexibility index (Phi) is 3.72. The summed E-state index contributed by atoms with van der Waals surface area (Å²) in [6.07, 6.45) is 5.03. The van der Waals surface area contributed by atoms with Gasteiger partial charge < -0.3 is 10.5 Å². The highest BCUT2D eigenvalue weighted by atomic mass is 16.5. The third-order valence-electron chi connectivity index (χ3n) is 4.12. The van der Waals surface area contributed by atoms with Crippen LogP contribution < -0.4 is 10.5 Å². The minimum absolute atomic E-state index is 0.235. The summed E-state index contributed by atoms with van der Waals surface area (Å²) in [5, 5.41) is 0. The van der Waals surface area contributed by atoms with E-state index in [-0.39, 0.29) is 5.41 Å². The molecule has 1 fully saturated rings. The van der Waals surface area contributed by atoms with Gasteiger partial charge in [-0.3, -0.25) is 0 Å². The van der Waals surface area contributed by atoms with Crippen molar-refractivity contribution in [2.45, 2.75) is 39.5 Å². The van der Waals surface area contributed by atoms with Crippen molar-refractivity contribution in [3.8, 4) is 5.75 Å². The molecule has 0 saturated heterocycles. The maximum absolute atomic E-state index is 5.94. The van der Waals surface area contributed by atoms with E-state index in [0.29, 0.717) is 0 Å². The maximum Gasteiger partial charge on any atom is 0.119 e. The van der Waals surface area contributed by atoms with E-state index >= 15 is 0 Å². The molecule has 2 N–H and O–H groups in total. The summed E-state index contributed by atoms with van der Waals surface area (Å²) in [7, 11) is 0. The minimum Gasteiger partial charge on any atom is -0.493 e. The fraction of sp³-hybridized carbons (Fsp3) is 0.600. The molecule has 1 aliphatic carbocycles. The molecular weight excluding hydrogens is 210 g/mol. The maximum atomic E-state index is 5.94. The number of aryl methyl sites for hydroxylation is 2. The van der Waals surface area contributed by atoms with E-state index in [0.717, 1.165) is 18.9 Å². The number of ether oxygens (including phenoxy) is 1. The zero-order chi connectivity index (χ0) is 12.3. The molecule has 1 saturated carbocycles. The Morgan fingerprint density at radius 3 is 2.47 bits per heavy atom. The van der Waals surface area contributed by atoms with Crippen molar-refractivity contribution in [2.75, 3.05) is 13.2 Å². The summed E-state index contributed by atoms with van der Waals surface area (Å²) >= 11 is 0.